The van der Waals surface area contributed by atoms with Gasteiger partial charge in [-0.15, -0.1) is 0 Å². The fourth-order valence-corrected chi connectivity index (χ4v) is 3.42. The molecule has 0 atom stereocenters. The van der Waals surface area contributed by atoms with Crippen LogP contribution in [0.5, 0.6) is 0 Å². The molecule has 0 bridgehead atoms. The SMILES string of the molecule is CC(C)NS(=O)(=O)CCNC(=O)c1n[nH]c2c1CNCC2. The van der Waals surface area contributed by atoms with Gasteiger partial charge in [0.05, 0.1) is 5.75 Å². The fourth-order valence-electron chi connectivity index (χ4n) is 2.21. The highest BCUT2D eigenvalue weighted by Crippen LogP contribution is 2.14. The van der Waals surface area contributed by atoms with E-state index in [1.165, 1.54) is 0 Å². The van der Waals surface area contributed by atoms with Crippen molar-refractivity contribution in [2.24, 2.45) is 0 Å². The highest BCUT2D eigenvalue weighted by atomic mass is 32.2. The summed E-state index contributed by atoms with van der Waals surface area (Å²) in [4.78, 5) is 12.0. The average Bonchev–Trinajstić information content (AvgIpc) is 2.80. The van der Waals surface area contributed by atoms with Gasteiger partial charge in [-0.2, -0.15) is 5.10 Å². The monoisotopic (exact) mass is 315 g/mol. The van der Waals surface area contributed by atoms with Crippen LogP contribution >= 0.6 is 0 Å². The summed E-state index contributed by atoms with van der Waals surface area (Å²) in [6.45, 7) is 5.01. The van der Waals surface area contributed by atoms with Gasteiger partial charge in [-0.3, -0.25) is 9.89 Å². The van der Waals surface area contributed by atoms with Gasteiger partial charge in [0.1, 0.15) is 0 Å². The normalized spacial score (nSPS) is 15.0. The zero-order valence-electron chi connectivity index (χ0n) is 12.2. The van der Waals surface area contributed by atoms with Crippen molar-refractivity contribution in [3.63, 3.8) is 0 Å². The molecule has 2 heterocycles. The van der Waals surface area contributed by atoms with Crippen molar-refractivity contribution in [2.45, 2.75) is 32.9 Å². The van der Waals surface area contributed by atoms with Crippen LogP contribution in [0.2, 0.25) is 0 Å². The fraction of sp³-hybridized carbons (Fsp3) is 0.667. The number of sulfonamides is 1. The van der Waals surface area contributed by atoms with Crippen LogP contribution in [-0.2, 0) is 23.0 Å². The Hall–Kier alpha value is -1.45. The second kappa shape index (κ2) is 6.54. The molecule has 0 aromatic carbocycles. The predicted molar refractivity (Wildman–Crippen MR) is 78.4 cm³/mol. The van der Waals surface area contributed by atoms with E-state index in [-0.39, 0.29) is 24.2 Å². The predicted octanol–water partition coefficient (Wildman–Crippen LogP) is -0.887. The number of fused-ring (bicyclic) bond motifs is 1. The quantitative estimate of drug-likeness (QED) is 0.544. The Morgan fingerprint density at radius 1 is 1.43 bits per heavy atom. The van der Waals surface area contributed by atoms with E-state index in [0.717, 1.165) is 24.2 Å². The number of hydrogen-bond donors (Lipinski definition) is 4. The summed E-state index contributed by atoms with van der Waals surface area (Å²) in [5, 5.41) is 12.7. The molecule has 0 aliphatic carbocycles. The number of rotatable bonds is 6. The van der Waals surface area contributed by atoms with Gasteiger partial charge in [-0.1, -0.05) is 0 Å². The van der Waals surface area contributed by atoms with Gasteiger partial charge in [0, 0.05) is 43.4 Å². The van der Waals surface area contributed by atoms with Gasteiger partial charge in [0.2, 0.25) is 10.0 Å². The zero-order valence-corrected chi connectivity index (χ0v) is 13.0. The maximum Gasteiger partial charge on any atom is 0.272 e. The molecule has 21 heavy (non-hydrogen) atoms. The van der Waals surface area contributed by atoms with Crippen molar-refractivity contribution in [3.05, 3.63) is 17.0 Å². The third kappa shape index (κ3) is 4.26. The summed E-state index contributed by atoms with van der Waals surface area (Å²) in [5.41, 5.74) is 2.17. The Morgan fingerprint density at radius 3 is 2.90 bits per heavy atom. The minimum absolute atomic E-state index is 0.0515. The van der Waals surface area contributed by atoms with Crippen LogP contribution in [-0.4, -0.2) is 49.4 Å². The summed E-state index contributed by atoms with van der Waals surface area (Å²) < 4.78 is 25.8. The van der Waals surface area contributed by atoms with Gasteiger partial charge >= 0.3 is 0 Å². The first-order valence-corrected chi connectivity index (χ1v) is 8.59. The lowest BCUT2D eigenvalue weighted by atomic mass is 10.1. The standard InChI is InChI=1S/C12H21N5O3S/c1-8(2)17-21(19,20)6-5-14-12(18)11-9-7-13-4-3-10(9)15-16-11/h8,13,17H,3-7H2,1-2H3,(H,14,18)(H,15,16). The topological polar surface area (TPSA) is 116 Å². The van der Waals surface area contributed by atoms with Crippen molar-refractivity contribution in [1.82, 2.24) is 25.6 Å². The number of H-pyrrole nitrogens is 1. The lowest BCUT2D eigenvalue weighted by molar-refractivity contribution is 0.0950. The highest BCUT2D eigenvalue weighted by Gasteiger charge is 2.21. The molecule has 0 unspecified atom stereocenters. The molecule has 4 N–H and O–H groups in total. The molecule has 9 heteroatoms. The molecule has 0 saturated heterocycles. The molecule has 0 saturated carbocycles. The minimum atomic E-state index is -3.37. The molecule has 1 aliphatic heterocycles. The third-order valence-corrected chi connectivity index (χ3v) is 4.67. The second-order valence-corrected chi connectivity index (χ2v) is 7.18. The number of nitrogens with zero attached hydrogens (tertiary/aromatic N) is 1. The summed E-state index contributed by atoms with van der Waals surface area (Å²) in [7, 11) is -3.37. The molecular weight excluding hydrogens is 294 g/mol. The highest BCUT2D eigenvalue weighted by molar-refractivity contribution is 7.89. The van der Waals surface area contributed by atoms with E-state index in [2.05, 4.69) is 25.6 Å². The number of amides is 1. The molecular formula is C12H21N5O3S. The first-order valence-electron chi connectivity index (χ1n) is 6.94. The zero-order chi connectivity index (χ0) is 15.5. The Balaban J connectivity index is 1.89. The molecule has 1 amide bonds. The van der Waals surface area contributed by atoms with Crippen LogP contribution in [0.3, 0.4) is 0 Å². The third-order valence-electron chi connectivity index (χ3n) is 3.09. The minimum Gasteiger partial charge on any atom is -0.350 e. The summed E-state index contributed by atoms with van der Waals surface area (Å²) in [6.07, 6.45) is 0.808. The number of aromatic nitrogens is 2. The number of carbonyl (C=O) groups is 1. The average molecular weight is 315 g/mol. The van der Waals surface area contributed by atoms with E-state index in [4.69, 9.17) is 0 Å². The van der Waals surface area contributed by atoms with Crippen molar-refractivity contribution in [2.75, 3.05) is 18.8 Å². The van der Waals surface area contributed by atoms with Crippen LogP contribution in [0.4, 0.5) is 0 Å². The summed E-state index contributed by atoms with van der Waals surface area (Å²) in [5.74, 6) is -0.502. The summed E-state index contributed by atoms with van der Waals surface area (Å²) in [6, 6.07) is -0.157. The number of aromatic amines is 1. The number of nitrogens with one attached hydrogen (secondary N) is 4. The smallest absolute Gasteiger partial charge is 0.272 e. The van der Waals surface area contributed by atoms with Crippen LogP contribution < -0.4 is 15.4 Å². The Labute approximate surface area is 124 Å². The first-order chi connectivity index (χ1) is 9.89. The van der Waals surface area contributed by atoms with E-state index in [9.17, 15) is 13.2 Å². The Bertz CT molecular complexity index is 608. The lowest BCUT2D eigenvalue weighted by Gasteiger charge is -2.13. The van der Waals surface area contributed by atoms with Gasteiger partial charge in [-0.25, -0.2) is 13.1 Å². The maximum absolute atomic E-state index is 12.0. The second-order valence-electron chi connectivity index (χ2n) is 5.30. The molecule has 8 nitrogen and oxygen atoms in total. The van der Waals surface area contributed by atoms with Gasteiger partial charge in [0.15, 0.2) is 5.69 Å². The van der Waals surface area contributed by atoms with E-state index in [1.807, 2.05) is 0 Å². The van der Waals surface area contributed by atoms with E-state index < -0.39 is 10.0 Å². The van der Waals surface area contributed by atoms with Gasteiger partial charge in [0.25, 0.3) is 5.91 Å². The molecule has 1 aliphatic rings. The van der Waals surface area contributed by atoms with E-state index >= 15 is 0 Å². The van der Waals surface area contributed by atoms with Crippen molar-refractivity contribution in [3.8, 4) is 0 Å². The van der Waals surface area contributed by atoms with E-state index in [0.29, 0.717) is 12.2 Å². The molecule has 118 valence electrons. The van der Waals surface area contributed by atoms with Crippen molar-refractivity contribution in [1.29, 1.82) is 0 Å². The van der Waals surface area contributed by atoms with Gasteiger partial charge in [-0.05, 0) is 13.8 Å². The summed E-state index contributed by atoms with van der Waals surface area (Å²) >= 11 is 0. The number of hydrogen-bond acceptors (Lipinski definition) is 5. The molecule has 1 aromatic heterocycles. The molecule has 1 aromatic rings. The molecule has 2 rings (SSSR count). The maximum atomic E-state index is 12.0. The number of carbonyl (C=O) groups excluding carboxylic acids is 1. The van der Waals surface area contributed by atoms with Crippen LogP contribution in [0.25, 0.3) is 0 Å². The van der Waals surface area contributed by atoms with Crippen molar-refractivity contribution >= 4 is 15.9 Å². The largest absolute Gasteiger partial charge is 0.350 e. The Morgan fingerprint density at radius 2 is 2.19 bits per heavy atom. The Kier molecular flexibility index (Phi) is 4.96. The first kappa shape index (κ1) is 15.9. The lowest BCUT2D eigenvalue weighted by Crippen LogP contribution is -2.37. The van der Waals surface area contributed by atoms with Crippen LogP contribution in [0.1, 0.15) is 35.6 Å². The molecule has 0 spiro atoms. The van der Waals surface area contributed by atoms with Gasteiger partial charge < -0.3 is 10.6 Å². The van der Waals surface area contributed by atoms with Crippen molar-refractivity contribution < 1.29 is 13.2 Å². The molecule has 0 fully saturated rings. The van der Waals surface area contributed by atoms with E-state index in [1.54, 1.807) is 13.8 Å². The molecule has 0 radical (unpaired) electrons. The van der Waals surface area contributed by atoms with Crippen LogP contribution in [0, 0.1) is 0 Å². The van der Waals surface area contributed by atoms with Crippen LogP contribution in [0.15, 0.2) is 0 Å².